The fourth-order valence-corrected chi connectivity index (χ4v) is 1.62. The molecule has 6 heteroatoms. The average molecular weight is 252 g/mol. The van der Waals surface area contributed by atoms with Crippen molar-refractivity contribution < 1.29 is 18.3 Å². The number of imidazole rings is 1. The Kier molecular flexibility index (Phi) is 3.10. The van der Waals surface area contributed by atoms with E-state index in [0.29, 0.717) is 0 Å². The van der Waals surface area contributed by atoms with Gasteiger partial charge < -0.3 is 9.30 Å². The van der Waals surface area contributed by atoms with Crippen LogP contribution >= 0.6 is 0 Å². The first-order valence-corrected chi connectivity index (χ1v) is 5.10. The van der Waals surface area contributed by atoms with Gasteiger partial charge in [0.1, 0.15) is 23.2 Å². The number of carbonyl (C=O) groups is 1. The summed E-state index contributed by atoms with van der Waals surface area (Å²) < 4.78 is 32.4. The van der Waals surface area contributed by atoms with E-state index >= 15 is 0 Å². The summed E-state index contributed by atoms with van der Waals surface area (Å²) in [6, 6.07) is 3.17. The molecule has 0 N–H and O–H groups in total. The zero-order valence-corrected chi connectivity index (χ0v) is 9.78. The summed E-state index contributed by atoms with van der Waals surface area (Å²) in [6.07, 6.45) is 1.28. The Morgan fingerprint density at radius 2 is 2.11 bits per heavy atom. The summed E-state index contributed by atoms with van der Waals surface area (Å²) in [4.78, 5) is 15.3. The van der Waals surface area contributed by atoms with Crippen molar-refractivity contribution in [3.05, 3.63) is 41.7 Å². The highest BCUT2D eigenvalue weighted by Crippen LogP contribution is 2.22. The average Bonchev–Trinajstić information content (AvgIpc) is 2.70. The lowest BCUT2D eigenvalue weighted by Gasteiger charge is -2.05. The number of hydrogen-bond donors (Lipinski definition) is 0. The van der Waals surface area contributed by atoms with Crippen molar-refractivity contribution in [3.63, 3.8) is 0 Å². The minimum absolute atomic E-state index is 0.119. The molecule has 0 spiro atoms. The molecule has 0 atom stereocenters. The summed E-state index contributed by atoms with van der Waals surface area (Å²) >= 11 is 0. The molecule has 18 heavy (non-hydrogen) atoms. The Balaban J connectivity index is 2.52. The molecule has 0 bridgehead atoms. The first-order valence-electron chi connectivity index (χ1n) is 5.10. The number of methoxy groups -OCH3 is 1. The molecule has 2 aromatic rings. The maximum Gasteiger partial charge on any atom is 0.356 e. The van der Waals surface area contributed by atoms with Gasteiger partial charge in [-0.25, -0.2) is 18.6 Å². The molecule has 0 aliphatic rings. The SMILES string of the molecule is COC(=O)c1cnc(-c2ccc(F)cc2F)n1C. The lowest BCUT2D eigenvalue weighted by Crippen LogP contribution is -2.08. The number of rotatable bonds is 2. The minimum atomic E-state index is -0.736. The zero-order valence-electron chi connectivity index (χ0n) is 9.78. The van der Waals surface area contributed by atoms with Gasteiger partial charge in [0, 0.05) is 13.1 Å². The van der Waals surface area contributed by atoms with Crippen LogP contribution in [-0.2, 0) is 11.8 Å². The molecule has 0 fully saturated rings. The van der Waals surface area contributed by atoms with Crippen molar-refractivity contribution in [2.24, 2.45) is 7.05 Å². The molecule has 1 aromatic carbocycles. The fourth-order valence-electron chi connectivity index (χ4n) is 1.62. The van der Waals surface area contributed by atoms with Gasteiger partial charge in [0.2, 0.25) is 0 Å². The smallest absolute Gasteiger partial charge is 0.356 e. The lowest BCUT2D eigenvalue weighted by molar-refractivity contribution is 0.0590. The summed E-state index contributed by atoms with van der Waals surface area (Å²) in [5, 5.41) is 0. The third-order valence-electron chi connectivity index (χ3n) is 2.55. The molecule has 94 valence electrons. The van der Waals surface area contributed by atoms with E-state index in [4.69, 9.17) is 0 Å². The molecular weight excluding hydrogens is 242 g/mol. The van der Waals surface area contributed by atoms with Crippen molar-refractivity contribution in [2.75, 3.05) is 7.11 Å². The van der Waals surface area contributed by atoms with Gasteiger partial charge in [0.25, 0.3) is 0 Å². The Morgan fingerprint density at radius 3 is 2.72 bits per heavy atom. The molecule has 0 aliphatic carbocycles. The standard InChI is InChI=1S/C12H10F2N2O2/c1-16-10(12(17)18-2)6-15-11(16)8-4-3-7(13)5-9(8)14/h3-6H,1-2H3. The Bertz CT molecular complexity index is 608. The lowest BCUT2D eigenvalue weighted by atomic mass is 10.2. The predicted molar refractivity (Wildman–Crippen MR) is 59.9 cm³/mol. The van der Waals surface area contributed by atoms with Gasteiger partial charge in [-0.3, -0.25) is 0 Å². The van der Waals surface area contributed by atoms with Crippen LogP contribution in [0, 0.1) is 11.6 Å². The highest BCUT2D eigenvalue weighted by molar-refractivity contribution is 5.88. The maximum absolute atomic E-state index is 13.6. The predicted octanol–water partition coefficient (Wildman–Crippen LogP) is 2.15. The van der Waals surface area contributed by atoms with Gasteiger partial charge in [-0.1, -0.05) is 0 Å². The summed E-state index contributed by atoms with van der Waals surface area (Å²) in [7, 11) is 2.80. The molecule has 0 saturated heterocycles. The molecule has 0 radical (unpaired) electrons. The topological polar surface area (TPSA) is 44.1 Å². The van der Waals surface area contributed by atoms with Gasteiger partial charge >= 0.3 is 5.97 Å². The van der Waals surface area contributed by atoms with Crippen molar-refractivity contribution >= 4 is 5.97 Å². The summed E-state index contributed by atoms with van der Waals surface area (Å²) in [6.45, 7) is 0. The van der Waals surface area contributed by atoms with E-state index in [1.807, 2.05) is 0 Å². The van der Waals surface area contributed by atoms with Crippen LogP contribution < -0.4 is 0 Å². The highest BCUT2D eigenvalue weighted by Gasteiger charge is 2.17. The van der Waals surface area contributed by atoms with E-state index in [-0.39, 0.29) is 17.1 Å². The van der Waals surface area contributed by atoms with Gasteiger partial charge in [-0.2, -0.15) is 0 Å². The molecule has 0 aliphatic heterocycles. The molecule has 0 saturated carbocycles. The molecule has 1 heterocycles. The number of carbonyl (C=O) groups excluding carboxylic acids is 1. The zero-order chi connectivity index (χ0) is 13.3. The second-order valence-electron chi connectivity index (χ2n) is 3.64. The van der Waals surface area contributed by atoms with E-state index < -0.39 is 17.6 Å². The van der Waals surface area contributed by atoms with Gasteiger partial charge in [-0.05, 0) is 12.1 Å². The van der Waals surface area contributed by atoms with E-state index in [0.717, 1.165) is 12.1 Å². The first kappa shape index (κ1) is 12.2. The first-order chi connectivity index (χ1) is 8.54. The Labute approximate surface area is 102 Å². The third-order valence-corrected chi connectivity index (χ3v) is 2.55. The maximum atomic E-state index is 13.6. The molecule has 1 aromatic heterocycles. The van der Waals surface area contributed by atoms with Crippen LogP contribution in [0.2, 0.25) is 0 Å². The van der Waals surface area contributed by atoms with Crippen molar-refractivity contribution in [1.82, 2.24) is 9.55 Å². The minimum Gasteiger partial charge on any atom is -0.464 e. The summed E-state index contributed by atoms with van der Waals surface area (Å²) in [5.41, 5.74) is 0.310. The van der Waals surface area contributed by atoms with Crippen LogP contribution in [0.25, 0.3) is 11.4 Å². The fraction of sp³-hybridized carbons (Fsp3) is 0.167. The normalized spacial score (nSPS) is 10.4. The number of benzene rings is 1. The number of ether oxygens (including phenoxy) is 1. The second kappa shape index (κ2) is 4.56. The van der Waals surface area contributed by atoms with Crippen molar-refractivity contribution in [3.8, 4) is 11.4 Å². The van der Waals surface area contributed by atoms with Gasteiger partial charge in [0.05, 0.1) is 18.9 Å². The van der Waals surface area contributed by atoms with E-state index in [9.17, 15) is 13.6 Å². The summed E-state index contributed by atoms with van der Waals surface area (Å²) in [5.74, 6) is -1.74. The molecule has 2 rings (SSSR count). The molecule has 0 amide bonds. The highest BCUT2D eigenvalue weighted by atomic mass is 19.1. The second-order valence-corrected chi connectivity index (χ2v) is 3.64. The molecule has 4 nitrogen and oxygen atoms in total. The van der Waals surface area contributed by atoms with Crippen LogP contribution in [0.15, 0.2) is 24.4 Å². The van der Waals surface area contributed by atoms with Crippen LogP contribution in [0.5, 0.6) is 0 Å². The third kappa shape index (κ3) is 1.97. The Hall–Kier alpha value is -2.24. The number of aromatic nitrogens is 2. The van der Waals surface area contributed by atoms with Gasteiger partial charge in [-0.15, -0.1) is 0 Å². The molecular formula is C12H10F2N2O2. The largest absolute Gasteiger partial charge is 0.464 e. The van der Waals surface area contributed by atoms with E-state index in [2.05, 4.69) is 9.72 Å². The van der Waals surface area contributed by atoms with E-state index in [1.54, 1.807) is 7.05 Å². The number of halogens is 2. The molecule has 0 unspecified atom stereocenters. The van der Waals surface area contributed by atoms with Crippen LogP contribution in [0.1, 0.15) is 10.5 Å². The van der Waals surface area contributed by atoms with E-state index in [1.165, 1.54) is 23.9 Å². The van der Waals surface area contributed by atoms with Crippen molar-refractivity contribution in [1.29, 1.82) is 0 Å². The number of hydrogen-bond acceptors (Lipinski definition) is 3. The van der Waals surface area contributed by atoms with Crippen molar-refractivity contribution in [2.45, 2.75) is 0 Å². The quantitative estimate of drug-likeness (QED) is 0.769. The van der Waals surface area contributed by atoms with Gasteiger partial charge in [0.15, 0.2) is 0 Å². The Morgan fingerprint density at radius 1 is 1.39 bits per heavy atom. The van der Waals surface area contributed by atoms with Crippen LogP contribution in [0.3, 0.4) is 0 Å². The number of esters is 1. The van der Waals surface area contributed by atoms with Crippen LogP contribution in [0.4, 0.5) is 8.78 Å². The van der Waals surface area contributed by atoms with Crippen LogP contribution in [-0.4, -0.2) is 22.6 Å². The number of nitrogens with zero attached hydrogens (tertiary/aromatic N) is 2. The monoisotopic (exact) mass is 252 g/mol.